The standard InChI is InChI=1S/C23H46O6/c1-4-5-6-7-8-9-10-11-12-13-23(24)29-21-19-27-17-15-25-14-16-26-18-20-28-22(2)3/h22H,4-21H2,1-3H3. The molecule has 0 atom stereocenters. The van der Waals surface area contributed by atoms with E-state index in [0.29, 0.717) is 59.3 Å². The average Bonchev–Trinajstić information content (AvgIpc) is 2.70. The number of esters is 1. The van der Waals surface area contributed by atoms with Crippen molar-refractivity contribution >= 4 is 5.97 Å². The zero-order valence-corrected chi connectivity index (χ0v) is 19.3. The Bertz CT molecular complexity index is 335. The normalized spacial score (nSPS) is 11.3. The molecule has 0 fully saturated rings. The van der Waals surface area contributed by atoms with E-state index in [4.69, 9.17) is 23.7 Å². The smallest absolute Gasteiger partial charge is 0.305 e. The zero-order chi connectivity index (χ0) is 21.4. The van der Waals surface area contributed by atoms with E-state index < -0.39 is 0 Å². The largest absolute Gasteiger partial charge is 0.463 e. The van der Waals surface area contributed by atoms with Gasteiger partial charge in [-0.05, 0) is 20.3 Å². The first kappa shape index (κ1) is 28.3. The summed E-state index contributed by atoms with van der Waals surface area (Å²) >= 11 is 0. The predicted octanol–water partition coefficient (Wildman–Crippen LogP) is 4.93. The molecular weight excluding hydrogens is 372 g/mol. The van der Waals surface area contributed by atoms with Gasteiger partial charge in [-0.15, -0.1) is 0 Å². The lowest BCUT2D eigenvalue weighted by atomic mass is 10.1. The molecule has 6 nitrogen and oxygen atoms in total. The fourth-order valence-corrected chi connectivity index (χ4v) is 2.75. The molecule has 0 bridgehead atoms. The molecule has 0 saturated heterocycles. The molecule has 0 heterocycles. The van der Waals surface area contributed by atoms with Crippen molar-refractivity contribution in [1.82, 2.24) is 0 Å². The fraction of sp³-hybridized carbons (Fsp3) is 0.957. The van der Waals surface area contributed by atoms with Gasteiger partial charge in [-0.2, -0.15) is 0 Å². The first-order valence-electron chi connectivity index (χ1n) is 11.7. The van der Waals surface area contributed by atoms with Crippen LogP contribution in [0.25, 0.3) is 0 Å². The van der Waals surface area contributed by atoms with Crippen LogP contribution in [0.3, 0.4) is 0 Å². The Morgan fingerprint density at radius 1 is 0.621 bits per heavy atom. The molecule has 0 aromatic carbocycles. The van der Waals surface area contributed by atoms with Gasteiger partial charge in [-0.25, -0.2) is 0 Å². The van der Waals surface area contributed by atoms with Gasteiger partial charge >= 0.3 is 5.97 Å². The van der Waals surface area contributed by atoms with Crippen LogP contribution in [-0.4, -0.2) is 64.9 Å². The predicted molar refractivity (Wildman–Crippen MR) is 116 cm³/mol. The monoisotopic (exact) mass is 418 g/mol. The van der Waals surface area contributed by atoms with Gasteiger partial charge in [0.1, 0.15) is 6.61 Å². The van der Waals surface area contributed by atoms with Gasteiger partial charge in [0, 0.05) is 6.42 Å². The lowest BCUT2D eigenvalue weighted by molar-refractivity contribution is -0.145. The highest BCUT2D eigenvalue weighted by Crippen LogP contribution is 2.10. The third-order valence-electron chi connectivity index (χ3n) is 4.40. The molecule has 0 N–H and O–H groups in total. The molecule has 0 aliphatic carbocycles. The highest BCUT2D eigenvalue weighted by atomic mass is 16.6. The van der Waals surface area contributed by atoms with E-state index >= 15 is 0 Å². The summed E-state index contributed by atoms with van der Waals surface area (Å²) < 4.78 is 26.7. The molecule has 0 rings (SSSR count). The molecule has 0 radical (unpaired) electrons. The maximum absolute atomic E-state index is 11.6. The molecule has 0 unspecified atom stereocenters. The van der Waals surface area contributed by atoms with Gasteiger partial charge in [0.15, 0.2) is 0 Å². The summed E-state index contributed by atoms with van der Waals surface area (Å²) in [6, 6.07) is 0. The Kier molecular flexibility index (Phi) is 23.0. The molecule has 29 heavy (non-hydrogen) atoms. The summed E-state index contributed by atoms with van der Waals surface area (Å²) in [5.74, 6) is -0.119. The molecule has 0 aromatic heterocycles. The van der Waals surface area contributed by atoms with Crippen LogP contribution in [0, 0.1) is 0 Å². The summed E-state index contributed by atoms with van der Waals surface area (Å²) in [4.78, 5) is 11.6. The van der Waals surface area contributed by atoms with Gasteiger partial charge in [0.2, 0.25) is 0 Å². The Balaban J connectivity index is 3.14. The van der Waals surface area contributed by atoms with E-state index in [-0.39, 0.29) is 12.1 Å². The van der Waals surface area contributed by atoms with E-state index in [1.165, 1.54) is 44.9 Å². The molecule has 0 aliphatic rings. The maximum atomic E-state index is 11.6. The molecule has 0 saturated carbocycles. The van der Waals surface area contributed by atoms with Crippen LogP contribution in [0.5, 0.6) is 0 Å². The summed E-state index contributed by atoms with van der Waals surface area (Å²) in [5.41, 5.74) is 0. The van der Waals surface area contributed by atoms with E-state index in [9.17, 15) is 4.79 Å². The van der Waals surface area contributed by atoms with Crippen LogP contribution >= 0.6 is 0 Å². The van der Waals surface area contributed by atoms with Crippen molar-refractivity contribution in [2.24, 2.45) is 0 Å². The second-order valence-corrected chi connectivity index (χ2v) is 7.56. The average molecular weight is 419 g/mol. The third-order valence-corrected chi connectivity index (χ3v) is 4.40. The van der Waals surface area contributed by atoms with Gasteiger partial charge in [0.05, 0.1) is 52.4 Å². The SMILES string of the molecule is CCCCCCCCCCCC(=O)OCCOCCOCCOCCOC(C)C. The number of hydrogen-bond donors (Lipinski definition) is 0. The molecule has 0 aliphatic heterocycles. The lowest BCUT2D eigenvalue weighted by Gasteiger charge is -2.09. The van der Waals surface area contributed by atoms with Gasteiger partial charge in [0.25, 0.3) is 0 Å². The van der Waals surface area contributed by atoms with Crippen LogP contribution in [0.1, 0.15) is 85.0 Å². The van der Waals surface area contributed by atoms with Crippen molar-refractivity contribution in [3.05, 3.63) is 0 Å². The number of carbonyl (C=O) groups excluding carboxylic acids is 1. The highest BCUT2D eigenvalue weighted by Gasteiger charge is 2.02. The number of carbonyl (C=O) groups is 1. The van der Waals surface area contributed by atoms with E-state index in [1.807, 2.05) is 13.8 Å². The second-order valence-electron chi connectivity index (χ2n) is 7.56. The van der Waals surface area contributed by atoms with Crippen LogP contribution in [0.15, 0.2) is 0 Å². The van der Waals surface area contributed by atoms with Crippen molar-refractivity contribution in [2.75, 3.05) is 52.9 Å². The Hall–Kier alpha value is -0.690. The van der Waals surface area contributed by atoms with Crippen molar-refractivity contribution in [3.63, 3.8) is 0 Å². The molecule has 174 valence electrons. The van der Waals surface area contributed by atoms with Crippen molar-refractivity contribution in [2.45, 2.75) is 91.1 Å². The molecule has 6 heteroatoms. The first-order valence-corrected chi connectivity index (χ1v) is 11.7. The summed E-state index contributed by atoms with van der Waals surface area (Å²) in [6.07, 6.45) is 12.0. The van der Waals surface area contributed by atoms with E-state index in [0.717, 1.165) is 12.8 Å². The van der Waals surface area contributed by atoms with Crippen molar-refractivity contribution in [3.8, 4) is 0 Å². The van der Waals surface area contributed by atoms with Crippen LogP contribution in [-0.2, 0) is 28.5 Å². The number of hydrogen-bond acceptors (Lipinski definition) is 6. The highest BCUT2D eigenvalue weighted by molar-refractivity contribution is 5.69. The lowest BCUT2D eigenvalue weighted by Crippen LogP contribution is -2.15. The van der Waals surface area contributed by atoms with Crippen LogP contribution in [0.4, 0.5) is 0 Å². The maximum Gasteiger partial charge on any atom is 0.305 e. The minimum absolute atomic E-state index is 0.119. The number of unbranched alkanes of at least 4 members (excludes halogenated alkanes) is 8. The molecular formula is C23H46O6. The van der Waals surface area contributed by atoms with Gasteiger partial charge in [-0.1, -0.05) is 58.3 Å². The third kappa shape index (κ3) is 25.3. The first-order chi connectivity index (χ1) is 14.2. The molecule has 0 amide bonds. The number of ether oxygens (including phenoxy) is 5. The minimum Gasteiger partial charge on any atom is -0.463 e. The molecule has 0 spiro atoms. The topological polar surface area (TPSA) is 63.2 Å². The summed E-state index contributed by atoms with van der Waals surface area (Å²) in [6.45, 7) is 10.3. The Morgan fingerprint density at radius 3 is 1.59 bits per heavy atom. The quantitative estimate of drug-likeness (QED) is 0.173. The molecule has 0 aromatic rings. The van der Waals surface area contributed by atoms with Crippen molar-refractivity contribution in [1.29, 1.82) is 0 Å². The fourth-order valence-electron chi connectivity index (χ4n) is 2.75. The van der Waals surface area contributed by atoms with Crippen LogP contribution in [0.2, 0.25) is 0 Å². The van der Waals surface area contributed by atoms with Crippen LogP contribution < -0.4 is 0 Å². The van der Waals surface area contributed by atoms with E-state index in [2.05, 4.69) is 6.92 Å². The Morgan fingerprint density at radius 2 is 1.07 bits per heavy atom. The second kappa shape index (κ2) is 23.6. The van der Waals surface area contributed by atoms with Crippen molar-refractivity contribution < 1.29 is 28.5 Å². The number of rotatable bonds is 23. The minimum atomic E-state index is -0.119. The van der Waals surface area contributed by atoms with Gasteiger partial charge in [-0.3, -0.25) is 4.79 Å². The van der Waals surface area contributed by atoms with E-state index in [1.54, 1.807) is 0 Å². The van der Waals surface area contributed by atoms with Gasteiger partial charge < -0.3 is 23.7 Å². The summed E-state index contributed by atoms with van der Waals surface area (Å²) in [5, 5.41) is 0. The summed E-state index contributed by atoms with van der Waals surface area (Å²) in [7, 11) is 0. The Labute approximate surface area is 178 Å². The zero-order valence-electron chi connectivity index (χ0n) is 19.3.